The third kappa shape index (κ3) is 4.22. The summed E-state index contributed by atoms with van der Waals surface area (Å²) < 4.78 is 0. The van der Waals surface area contributed by atoms with Crippen molar-refractivity contribution in [2.75, 3.05) is 0 Å². The lowest BCUT2D eigenvalue weighted by Crippen LogP contribution is -2.23. The summed E-state index contributed by atoms with van der Waals surface area (Å²) in [6, 6.07) is 37.5. The van der Waals surface area contributed by atoms with E-state index in [0.717, 1.165) is 11.3 Å². The summed E-state index contributed by atoms with van der Waals surface area (Å²) in [5.74, 6) is 0. The Balaban J connectivity index is 1.81. The van der Waals surface area contributed by atoms with Crippen LogP contribution in [0.3, 0.4) is 0 Å². The molecule has 0 bridgehead atoms. The fraction of sp³-hybridized carbons (Fsp3) is 0. The van der Waals surface area contributed by atoms with Crippen molar-refractivity contribution in [3.8, 4) is 0 Å². The number of nitrogens with zero attached hydrogens (tertiary/aromatic N) is 1. The first kappa shape index (κ1) is 18.6. The zero-order chi connectivity index (χ0) is 19.2. The summed E-state index contributed by atoms with van der Waals surface area (Å²) in [6.45, 7) is 0. The monoisotopic (exact) mass is 399 g/mol. The first-order valence-electron chi connectivity index (χ1n) is 9.11. The van der Waals surface area contributed by atoms with Crippen molar-refractivity contribution in [3.63, 3.8) is 0 Å². The van der Waals surface area contributed by atoms with E-state index in [2.05, 4.69) is 89.9 Å². The molecule has 0 saturated heterocycles. The lowest BCUT2D eigenvalue weighted by molar-refractivity contribution is 1.53. The van der Waals surface area contributed by atoms with Crippen molar-refractivity contribution >= 4 is 47.3 Å². The second-order valence-corrected chi connectivity index (χ2v) is 8.87. The second-order valence-electron chi connectivity index (χ2n) is 6.27. The number of benzene rings is 4. The van der Waals surface area contributed by atoms with Crippen LogP contribution in [-0.2, 0) is 0 Å². The SMILES string of the molecule is Clc1ccccc1N=Cc1ccccc1P(c1ccccc1)c1ccccc1. The summed E-state index contributed by atoms with van der Waals surface area (Å²) in [5, 5.41) is 4.58. The van der Waals surface area contributed by atoms with Crippen LogP contribution in [-0.4, -0.2) is 6.21 Å². The molecule has 0 aliphatic carbocycles. The molecule has 0 unspecified atom stereocenters. The molecule has 0 heterocycles. The maximum atomic E-state index is 6.27. The van der Waals surface area contributed by atoms with Gasteiger partial charge in [-0.1, -0.05) is 109 Å². The normalized spacial score (nSPS) is 11.2. The predicted octanol–water partition coefficient (Wildman–Crippen LogP) is 5.85. The number of hydrogen-bond donors (Lipinski definition) is 0. The van der Waals surface area contributed by atoms with Gasteiger partial charge in [-0.3, -0.25) is 4.99 Å². The Labute approximate surface area is 172 Å². The maximum absolute atomic E-state index is 6.27. The maximum Gasteiger partial charge on any atom is 0.0816 e. The Morgan fingerprint density at radius 3 is 1.79 bits per heavy atom. The first-order chi connectivity index (χ1) is 13.8. The highest BCUT2D eigenvalue weighted by Gasteiger charge is 2.18. The Hall–Kier alpha value is -2.73. The van der Waals surface area contributed by atoms with E-state index < -0.39 is 7.92 Å². The van der Waals surface area contributed by atoms with E-state index in [1.54, 1.807) is 0 Å². The molecule has 0 N–H and O–H groups in total. The van der Waals surface area contributed by atoms with Crippen LogP contribution in [0.15, 0.2) is 114 Å². The van der Waals surface area contributed by atoms with Crippen LogP contribution in [0.25, 0.3) is 0 Å². The summed E-state index contributed by atoms with van der Waals surface area (Å²) in [6.07, 6.45) is 1.93. The van der Waals surface area contributed by atoms with E-state index in [4.69, 9.17) is 11.6 Å². The van der Waals surface area contributed by atoms with Crippen molar-refractivity contribution in [1.82, 2.24) is 0 Å². The molecule has 0 aliphatic heterocycles. The predicted molar refractivity (Wildman–Crippen MR) is 124 cm³/mol. The minimum atomic E-state index is -0.679. The summed E-state index contributed by atoms with van der Waals surface area (Å²) in [4.78, 5) is 4.66. The fourth-order valence-electron chi connectivity index (χ4n) is 3.08. The molecule has 4 rings (SSSR count). The fourth-order valence-corrected chi connectivity index (χ4v) is 5.68. The molecule has 0 saturated carbocycles. The average Bonchev–Trinajstić information content (AvgIpc) is 2.76. The van der Waals surface area contributed by atoms with Gasteiger partial charge in [-0.25, -0.2) is 0 Å². The van der Waals surface area contributed by atoms with Gasteiger partial charge >= 0.3 is 0 Å². The first-order valence-corrected chi connectivity index (χ1v) is 10.8. The van der Waals surface area contributed by atoms with E-state index in [9.17, 15) is 0 Å². The molecule has 4 aromatic rings. The zero-order valence-electron chi connectivity index (χ0n) is 15.2. The van der Waals surface area contributed by atoms with Gasteiger partial charge in [0.25, 0.3) is 0 Å². The largest absolute Gasteiger partial charge is 0.255 e. The molecule has 28 heavy (non-hydrogen) atoms. The van der Waals surface area contributed by atoms with Gasteiger partial charge in [0.05, 0.1) is 10.7 Å². The summed E-state index contributed by atoms with van der Waals surface area (Å²) in [5.41, 5.74) is 1.89. The molecular weight excluding hydrogens is 381 g/mol. The average molecular weight is 400 g/mol. The van der Waals surface area contributed by atoms with Crippen molar-refractivity contribution in [2.24, 2.45) is 4.99 Å². The Bertz CT molecular complexity index is 1040. The molecule has 1 nitrogen and oxygen atoms in total. The third-order valence-corrected chi connectivity index (χ3v) is 7.24. The van der Waals surface area contributed by atoms with Crippen LogP contribution in [0.5, 0.6) is 0 Å². The van der Waals surface area contributed by atoms with Crippen molar-refractivity contribution in [1.29, 1.82) is 0 Å². The molecule has 0 spiro atoms. The second kappa shape index (κ2) is 8.97. The molecule has 0 atom stereocenters. The van der Waals surface area contributed by atoms with Crippen LogP contribution in [0.4, 0.5) is 5.69 Å². The Kier molecular flexibility index (Phi) is 5.97. The van der Waals surface area contributed by atoms with Crippen LogP contribution in [0.1, 0.15) is 5.56 Å². The van der Waals surface area contributed by atoms with Crippen molar-refractivity contribution in [2.45, 2.75) is 0 Å². The van der Waals surface area contributed by atoms with E-state index in [1.165, 1.54) is 15.9 Å². The Morgan fingerprint density at radius 1 is 0.607 bits per heavy atom. The van der Waals surface area contributed by atoms with Crippen LogP contribution in [0, 0.1) is 0 Å². The Morgan fingerprint density at radius 2 is 1.14 bits per heavy atom. The molecule has 136 valence electrons. The molecule has 0 fully saturated rings. The van der Waals surface area contributed by atoms with Gasteiger partial charge in [-0.2, -0.15) is 0 Å². The van der Waals surface area contributed by atoms with Crippen molar-refractivity contribution in [3.05, 3.63) is 120 Å². The minimum Gasteiger partial charge on any atom is -0.255 e. The zero-order valence-corrected chi connectivity index (χ0v) is 16.9. The molecule has 0 radical (unpaired) electrons. The van der Waals surface area contributed by atoms with E-state index in [-0.39, 0.29) is 0 Å². The topological polar surface area (TPSA) is 12.4 Å². The number of rotatable bonds is 5. The lowest BCUT2D eigenvalue weighted by atomic mass is 10.2. The molecular formula is C25H19ClNP. The van der Waals surface area contributed by atoms with Gasteiger partial charge < -0.3 is 0 Å². The quantitative estimate of drug-likeness (QED) is 0.295. The highest BCUT2D eigenvalue weighted by Crippen LogP contribution is 2.34. The molecule has 3 heteroatoms. The summed E-state index contributed by atoms with van der Waals surface area (Å²) >= 11 is 6.27. The molecule has 0 amide bonds. The standard InChI is InChI=1S/C25H19ClNP/c26-23-16-8-9-17-24(23)27-19-20-11-7-10-18-25(20)28(21-12-3-1-4-13-21)22-14-5-2-6-15-22/h1-19H. The smallest absolute Gasteiger partial charge is 0.0816 e. The van der Waals surface area contributed by atoms with E-state index in [0.29, 0.717) is 5.02 Å². The highest BCUT2D eigenvalue weighted by molar-refractivity contribution is 7.80. The molecule has 0 aliphatic rings. The van der Waals surface area contributed by atoms with Gasteiger partial charge in [-0.05, 0) is 36.0 Å². The van der Waals surface area contributed by atoms with Crippen LogP contribution < -0.4 is 15.9 Å². The van der Waals surface area contributed by atoms with Crippen LogP contribution in [0.2, 0.25) is 5.02 Å². The summed E-state index contributed by atoms with van der Waals surface area (Å²) in [7, 11) is -0.679. The number of para-hydroxylation sites is 1. The van der Waals surface area contributed by atoms with Gasteiger partial charge in [0.15, 0.2) is 0 Å². The van der Waals surface area contributed by atoms with E-state index >= 15 is 0 Å². The lowest BCUT2D eigenvalue weighted by Gasteiger charge is -2.21. The van der Waals surface area contributed by atoms with E-state index in [1.807, 2.05) is 30.5 Å². The van der Waals surface area contributed by atoms with Crippen molar-refractivity contribution < 1.29 is 0 Å². The minimum absolute atomic E-state index is 0.657. The van der Waals surface area contributed by atoms with Gasteiger partial charge in [0.2, 0.25) is 0 Å². The number of hydrogen-bond acceptors (Lipinski definition) is 1. The van der Waals surface area contributed by atoms with Gasteiger partial charge in [0, 0.05) is 11.8 Å². The molecule has 0 aromatic heterocycles. The van der Waals surface area contributed by atoms with Crippen LogP contribution >= 0.6 is 19.5 Å². The van der Waals surface area contributed by atoms with Gasteiger partial charge in [-0.15, -0.1) is 0 Å². The highest BCUT2D eigenvalue weighted by atomic mass is 35.5. The molecule has 4 aromatic carbocycles. The number of halogens is 1. The third-order valence-electron chi connectivity index (χ3n) is 4.40. The number of aliphatic imine (C=N–C) groups is 1. The van der Waals surface area contributed by atoms with Gasteiger partial charge in [0.1, 0.15) is 0 Å².